The number of hydrogen-bond acceptors (Lipinski definition) is 6. The van der Waals surface area contributed by atoms with Crippen LogP contribution in [0, 0.1) is 11.3 Å². The number of rotatable bonds is 4. The fourth-order valence-corrected chi connectivity index (χ4v) is 4.10. The summed E-state index contributed by atoms with van der Waals surface area (Å²) in [5.74, 6) is 0.475. The van der Waals surface area contributed by atoms with Crippen molar-refractivity contribution >= 4 is 28.6 Å². The van der Waals surface area contributed by atoms with Crippen LogP contribution in [0.2, 0.25) is 0 Å². The van der Waals surface area contributed by atoms with Gasteiger partial charge in [-0.15, -0.1) is 11.3 Å². The third-order valence-electron chi connectivity index (χ3n) is 4.64. The smallest absolute Gasteiger partial charge is 0.262 e. The first-order valence-electron chi connectivity index (χ1n) is 9.82. The van der Waals surface area contributed by atoms with E-state index in [-0.39, 0.29) is 18.6 Å². The highest BCUT2D eigenvalue weighted by Gasteiger charge is 2.18. The summed E-state index contributed by atoms with van der Waals surface area (Å²) in [7, 11) is 0. The van der Waals surface area contributed by atoms with Crippen molar-refractivity contribution in [3.63, 3.8) is 0 Å². The lowest BCUT2D eigenvalue weighted by Crippen LogP contribution is -2.25. The molecule has 7 nitrogen and oxygen atoms in total. The Morgan fingerprint density at radius 1 is 1.26 bits per heavy atom. The maximum absolute atomic E-state index is 11.7. The second-order valence-electron chi connectivity index (χ2n) is 7.36. The molecule has 0 bridgehead atoms. The van der Waals surface area contributed by atoms with Gasteiger partial charge >= 0.3 is 0 Å². The number of nitrogens with one attached hydrogen (secondary N) is 1. The van der Waals surface area contributed by atoms with Crippen molar-refractivity contribution in [3.8, 4) is 23.1 Å². The van der Waals surface area contributed by atoms with Crippen molar-refractivity contribution < 1.29 is 9.53 Å². The van der Waals surface area contributed by atoms with E-state index in [1.165, 1.54) is 11.3 Å². The van der Waals surface area contributed by atoms with E-state index in [1.807, 2.05) is 61.2 Å². The van der Waals surface area contributed by atoms with E-state index < -0.39 is 0 Å². The van der Waals surface area contributed by atoms with E-state index in [9.17, 15) is 4.79 Å². The number of carbonyl (C=O) groups excluding carboxylic acids is 1. The highest BCUT2D eigenvalue weighted by Crippen LogP contribution is 2.33. The Balaban J connectivity index is 1.82. The average molecular weight is 432 g/mol. The van der Waals surface area contributed by atoms with Crippen molar-refractivity contribution in [2.24, 2.45) is 10.1 Å². The van der Waals surface area contributed by atoms with Crippen molar-refractivity contribution in [2.45, 2.75) is 26.8 Å². The molecule has 4 rings (SSSR count). The molecule has 0 radical (unpaired) electrons. The molecule has 8 heteroatoms. The fourth-order valence-electron chi connectivity index (χ4n) is 3.14. The van der Waals surface area contributed by atoms with Gasteiger partial charge in [0.15, 0.2) is 6.61 Å². The number of benzene rings is 2. The zero-order chi connectivity index (χ0) is 22.0. The number of fused-ring (bicyclic) bond motifs is 1. The zero-order valence-corrected chi connectivity index (χ0v) is 18.2. The van der Waals surface area contributed by atoms with E-state index in [4.69, 9.17) is 20.1 Å². The van der Waals surface area contributed by atoms with Crippen LogP contribution in [-0.2, 0) is 4.79 Å². The highest BCUT2D eigenvalue weighted by molar-refractivity contribution is 7.07. The second kappa shape index (κ2) is 8.58. The molecule has 1 aliphatic rings. The topological polar surface area (TPSA) is 91.8 Å². The summed E-state index contributed by atoms with van der Waals surface area (Å²) in [6, 6.07) is 15.2. The highest BCUT2D eigenvalue weighted by atomic mass is 32.1. The molecular weight excluding hydrogens is 410 g/mol. The molecule has 1 aromatic heterocycles. The first-order valence-corrected chi connectivity index (χ1v) is 10.7. The van der Waals surface area contributed by atoms with Gasteiger partial charge in [0.05, 0.1) is 28.7 Å². The van der Waals surface area contributed by atoms with Crippen molar-refractivity contribution in [1.82, 2.24) is 4.68 Å². The lowest BCUT2D eigenvalue weighted by Gasteiger charge is -2.18. The Labute approximate surface area is 184 Å². The van der Waals surface area contributed by atoms with Crippen LogP contribution in [-0.4, -0.2) is 28.9 Å². The number of ether oxygens (including phenoxy) is 1. The number of nitrogens with zero attached hydrogens (tertiary/aromatic N) is 4. The van der Waals surface area contributed by atoms with Gasteiger partial charge < -0.3 is 10.1 Å². The molecule has 0 aliphatic carbocycles. The largest absolute Gasteiger partial charge is 0.482 e. The van der Waals surface area contributed by atoms with Crippen LogP contribution in [0.5, 0.6) is 5.75 Å². The first kappa shape index (κ1) is 20.6. The minimum Gasteiger partial charge on any atom is -0.482 e. The number of amides is 1. The molecule has 2 heterocycles. The number of thiazole rings is 1. The van der Waals surface area contributed by atoms with Gasteiger partial charge in [0.1, 0.15) is 5.75 Å². The van der Waals surface area contributed by atoms with Crippen LogP contribution >= 0.6 is 11.3 Å². The molecule has 1 amide bonds. The lowest BCUT2D eigenvalue weighted by molar-refractivity contribution is -0.118. The molecule has 1 aliphatic heterocycles. The third-order valence-corrected chi connectivity index (χ3v) is 5.47. The van der Waals surface area contributed by atoms with Crippen LogP contribution in [0.4, 0.5) is 5.69 Å². The van der Waals surface area contributed by atoms with E-state index in [2.05, 4.69) is 11.4 Å². The van der Waals surface area contributed by atoms with Gasteiger partial charge in [-0.1, -0.05) is 12.1 Å². The van der Waals surface area contributed by atoms with Crippen LogP contribution in [0.1, 0.15) is 31.9 Å². The van der Waals surface area contributed by atoms with Crippen LogP contribution in [0.3, 0.4) is 0 Å². The van der Waals surface area contributed by atoms with Crippen LogP contribution in [0.25, 0.3) is 11.3 Å². The average Bonchev–Trinajstić information content (AvgIpc) is 3.14. The van der Waals surface area contributed by atoms with Crippen LogP contribution < -0.4 is 14.9 Å². The van der Waals surface area contributed by atoms with Crippen molar-refractivity contribution in [2.75, 3.05) is 11.9 Å². The molecule has 3 aromatic rings. The summed E-state index contributed by atoms with van der Waals surface area (Å²) in [5.41, 5.74) is 4.72. The molecule has 156 valence electrons. The van der Waals surface area contributed by atoms with Gasteiger partial charge in [-0.2, -0.15) is 10.4 Å². The van der Waals surface area contributed by atoms with E-state index in [1.54, 1.807) is 12.1 Å². The van der Waals surface area contributed by atoms with Gasteiger partial charge in [0, 0.05) is 17.0 Å². The van der Waals surface area contributed by atoms with Gasteiger partial charge in [0.25, 0.3) is 5.91 Å². The normalized spacial score (nSPS) is 14.1. The molecule has 0 unspecified atom stereocenters. The molecule has 0 atom stereocenters. The minimum absolute atomic E-state index is 0.0241. The summed E-state index contributed by atoms with van der Waals surface area (Å²) in [4.78, 5) is 17.2. The van der Waals surface area contributed by atoms with E-state index in [0.717, 1.165) is 27.3 Å². The molecule has 31 heavy (non-hydrogen) atoms. The summed E-state index contributed by atoms with van der Waals surface area (Å²) < 4.78 is 7.30. The van der Waals surface area contributed by atoms with Gasteiger partial charge in [-0.3, -0.25) is 9.79 Å². The molecular formula is C23H21N5O2S. The van der Waals surface area contributed by atoms with Crippen molar-refractivity contribution in [1.29, 1.82) is 5.26 Å². The SMILES string of the molecule is CC(=Nn1c(-c2ccc3c(c2)NC(=O)CO3)csc1=NC(C)C)c1ccc(C#N)cc1. The van der Waals surface area contributed by atoms with Gasteiger partial charge in [0.2, 0.25) is 4.80 Å². The maximum atomic E-state index is 11.7. The quantitative estimate of drug-likeness (QED) is 0.633. The van der Waals surface area contributed by atoms with Crippen LogP contribution in [0.15, 0.2) is 57.9 Å². The standard InChI is InChI=1S/C23H21N5O2S/c1-14(2)25-23-28(27-15(3)17-6-4-16(11-24)5-7-17)20(13-31-23)18-8-9-21-19(10-18)26-22(29)12-30-21/h4-10,13-14H,12H2,1-3H3,(H,26,29). The molecule has 0 fully saturated rings. The molecule has 0 spiro atoms. The Hall–Kier alpha value is -3.70. The number of aromatic nitrogens is 1. The predicted molar refractivity (Wildman–Crippen MR) is 121 cm³/mol. The Kier molecular flexibility index (Phi) is 5.69. The number of anilines is 1. The number of hydrogen-bond donors (Lipinski definition) is 1. The summed E-state index contributed by atoms with van der Waals surface area (Å²) in [5, 5.41) is 18.7. The Bertz CT molecular complexity index is 1280. The number of nitriles is 1. The summed E-state index contributed by atoms with van der Waals surface area (Å²) >= 11 is 1.51. The molecule has 1 N–H and O–H groups in total. The maximum Gasteiger partial charge on any atom is 0.262 e. The molecule has 0 saturated carbocycles. The zero-order valence-electron chi connectivity index (χ0n) is 17.4. The second-order valence-corrected chi connectivity index (χ2v) is 8.20. The third kappa shape index (κ3) is 4.42. The monoisotopic (exact) mass is 431 g/mol. The van der Waals surface area contributed by atoms with E-state index in [0.29, 0.717) is 17.0 Å². The van der Waals surface area contributed by atoms with E-state index >= 15 is 0 Å². The Morgan fingerprint density at radius 3 is 2.74 bits per heavy atom. The fraction of sp³-hybridized carbons (Fsp3) is 0.217. The first-order chi connectivity index (χ1) is 14.9. The summed E-state index contributed by atoms with van der Waals surface area (Å²) in [6.45, 7) is 5.99. The Morgan fingerprint density at radius 2 is 2.03 bits per heavy atom. The number of carbonyl (C=O) groups is 1. The van der Waals surface area contributed by atoms with Gasteiger partial charge in [-0.05, 0) is 56.7 Å². The summed E-state index contributed by atoms with van der Waals surface area (Å²) in [6.07, 6.45) is 0. The molecule has 2 aromatic carbocycles. The van der Waals surface area contributed by atoms with Gasteiger partial charge in [-0.25, -0.2) is 4.68 Å². The van der Waals surface area contributed by atoms with Crippen molar-refractivity contribution in [3.05, 3.63) is 63.8 Å². The lowest BCUT2D eigenvalue weighted by atomic mass is 10.1. The predicted octanol–water partition coefficient (Wildman–Crippen LogP) is 4.00. The molecule has 0 saturated heterocycles. The minimum atomic E-state index is -0.173.